The number of benzene rings is 2. The van der Waals surface area contributed by atoms with E-state index < -0.39 is 5.54 Å². The SMILES string of the molecule is CC1(C(=O)NC2CCCCC2)Cc2ccccc2C(=O)N1CCc1ccc(Cl)cc1. The Hall–Kier alpha value is -2.33. The van der Waals surface area contributed by atoms with Gasteiger partial charge in [0.05, 0.1) is 0 Å². The lowest BCUT2D eigenvalue weighted by Crippen LogP contribution is -2.64. The lowest BCUT2D eigenvalue weighted by atomic mass is 9.82. The molecule has 1 fully saturated rings. The second kappa shape index (κ2) is 8.81. The molecule has 1 unspecified atom stereocenters. The molecule has 5 heteroatoms. The van der Waals surface area contributed by atoms with E-state index >= 15 is 0 Å². The van der Waals surface area contributed by atoms with Gasteiger partial charge in [-0.3, -0.25) is 9.59 Å². The third kappa shape index (κ3) is 4.24. The van der Waals surface area contributed by atoms with Crippen LogP contribution in [0.15, 0.2) is 48.5 Å². The highest BCUT2D eigenvalue weighted by atomic mass is 35.5. The number of hydrogen-bond donors (Lipinski definition) is 1. The van der Waals surface area contributed by atoms with E-state index in [0.29, 0.717) is 30.0 Å². The van der Waals surface area contributed by atoms with Gasteiger partial charge in [0.15, 0.2) is 0 Å². The van der Waals surface area contributed by atoms with Crippen LogP contribution in [0.1, 0.15) is 60.5 Å². The summed E-state index contributed by atoms with van der Waals surface area (Å²) in [5.41, 5.74) is 1.86. The van der Waals surface area contributed by atoms with Crippen molar-refractivity contribution in [1.29, 1.82) is 0 Å². The highest BCUT2D eigenvalue weighted by molar-refractivity contribution is 6.30. The average Bonchev–Trinajstić information content (AvgIpc) is 2.75. The van der Waals surface area contributed by atoms with Crippen molar-refractivity contribution in [3.63, 3.8) is 0 Å². The summed E-state index contributed by atoms with van der Waals surface area (Å²) in [6.45, 7) is 2.41. The Balaban J connectivity index is 1.59. The van der Waals surface area contributed by atoms with Crippen molar-refractivity contribution in [3.8, 4) is 0 Å². The predicted octanol–water partition coefficient (Wildman–Crippen LogP) is 4.79. The number of carbonyl (C=O) groups excluding carboxylic acids is 2. The van der Waals surface area contributed by atoms with Gasteiger partial charge in [0.2, 0.25) is 5.91 Å². The number of nitrogens with one attached hydrogen (secondary N) is 1. The fourth-order valence-corrected chi connectivity index (χ4v) is 4.88. The van der Waals surface area contributed by atoms with E-state index in [2.05, 4.69) is 5.32 Å². The van der Waals surface area contributed by atoms with E-state index in [-0.39, 0.29) is 17.9 Å². The first-order valence-electron chi connectivity index (χ1n) is 10.9. The Kier molecular flexibility index (Phi) is 6.14. The summed E-state index contributed by atoms with van der Waals surface area (Å²) in [7, 11) is 0. The molecular weight excluding hydrogens is 396 g/mol. The van der Waals surface area contributed by atoms with Gasteiger partial charge in [0.1, 0.15) is 5.54 Å². The van der Waals surface area contributed by atoms with Gasteiger partial charge >= 0.3 is 0 Å². The molecule has 4 rings (SSSR count). The first-order chi connectivity index (χ1) is 14.5. The quantitative estimate of drug-likeness (QED) is 0.750. The van der Waals surface area contributed by atoms with Gasteiger partial charge in [-0.1, -0.05) is 61.2 Å². The Labute approximate surface area is 183 Å². The number of nitrogens with zero attached hydrogens (tertiary/aromatic N) is 1. The maximum atomic E-state index is 13.5. The molecule has 0 aromatic heterocycles. The molecule has 0 bridgehead atoms. The molecule has 1 N–H and O–H groups in total. The van der Waals surface area contributed by atoms with Crippen LogP contribution in [0.25, 0.3) is 0 Å². The lowest BCUT2D eigenvalue weighted by Gasteiger charge is -2.45. The predicted molar refractivity (Wildman–Crippen MR) is 120 cm³/mol. The van der Waals surface area contributed by atoms with E-state index in [0.717, 1.165) is 36.8 Å². The van der Waals surface area contributed by atoms with Crippen molar-refractivity contribution in [2.24, 2.45) is 0 Å². The van der Waals surface area contributed by atoms with E-state index in [4.69, 9.17) is 11.6 Å². The van der Waals surface area contributed by atoms with Crippen LogP contribution in [0, 0.1) is 0 Å². The summed E-state index contributed by atoms with van der Waals surface area (Å²) in [5, 5.41) is 3.96. The van der Waals surface area contributed by atoms with Gasteiger partial charge in [-0.15, -0.1) is 0 Å². The summed E-state index contributed by atoms with van der Waals surface area (Å²) in [6.07, 6.45) is 6.82. The molecule has 1 aliphatic carbocycles. The normalized spacial score (nSPS) is 21.9. The van der Waals surface area contributed by atoms with Crippen LogP contribution in [0.2, 0.25) is 5.02 Å². The first kappa shape index (κ1) is 20.9. The van der Waals surface area contributed by atoms with Crippen molar-refractivity contribution in [3.05, 3.63) is 70.2 Å². The number of rotatable bonds is 5. The van der Waals surface area contributed by atoms with E-state index in [1.165, 1.54) is 6.42 Å². The van der Waals surface area contributed by atoms with Crippen molar-refractivity contribution < 1.29 is 9.59 Å². The highest BCUT2D eigenvalue weighted by Gasteiger charge is 2.46. The molecule has 2 aliphatic rings. The van der Waals surface area contributed by atoms with E-state index in [1.807, 2.05) is 55.5 Å². The Morgan fingerprint density at radius 2 is 1.80 bits per heavy atom. The molecule has 1 heterocycles. The van der Waals surface area contributed by atoms with Gasteiger partial charge in [-0.05, 0) is 55.5 Å². The van der Waals surface area contributed by atoms with Crippen LogP contribution in [0.5, 0.6) is 0 Å². The molecule has 0 saturated heterocycles. The Bertz CT molecular complexity index is 921. The maximum Gasteiger partial charge on any atom is 0.255 e. The van der Waals surface area contributed by atoms with Gasteiger partial charge < -0.3 is 10.2 Å². The topological polar surface area (TPSA) is 49.4 Å². The van der Waals surface area contributed by atoms with Crippen LogP contribution in [-0.2, 0) is 17.6 Å². The second-order valence-corrected chi connectivity index (χ2v) is 9.19. The molecule has 2 amide bonds. The largest absolute Gasteiger partial charge is 0.351 e. The van der Waals surface area contributed by atoms with Crippen molar-refractivity contribution in [2.75, 3.05) is 6.54 Å². The minimum absolute atomic E-state index is 0.0339. The molecular formula is C25H29ClN2O2. The fraction of sp³-hybridized carbons (Fsp3) is 0.440. The summed E-state index contributed by atoms with van der Waals surface area (Å²) < 4.78 is 0. The molecule has 1 atom stereocenters. The first-order valence-corrected chi connectivity index (χ1v) is 11.3. The average molecular weight is 425 g/mol. The number of carbonyl (C=O) groups is 2. The molecule has 158 valence electrons. The van der Waals surface area contributed by atoms with Crippen LogP contribution in [-0.4, -0.2) is 34.8 Å². The molecule has 30 heavy (non-hydrogen) atoms. The zero-order chi connectivity index (χ0) is 21.1. The monoisotopic (exact) mass is 424 g/mol. The number of fused-ring (bicyclic) bond motifs is 1. The van der Waals surface area contributed by atoms with Gasteiger partial charge in [0.25, 0.3) is 5.91 Å². The summed E-state index contributed by atoms with van der Waals surface area (Å²) in [5.74, 6) is -0.0968. The minimum Gasteiger partial charge on any atom is -0.351 e. The zero-order valence-corrected chi connectivity index (χ0v) is 18.3. The van der Waals surface area contributed by atoms with Gasteiger partial charge in [-0.25, -0.2) is 0 Å². The summed E-state index contributed by atoms with van der Waals surface area (Å²) in [6, 6.07) is 15.6. The minimum atomic E-state index is -0.894. The van der Waals surface area contributed by atoms with Crippen molar-refractivity contribution in [2.45, 2.75) is 63.5 Å². The number of amides is 2. The number of halogens is 1. The molecule has 0 spiro atoms. The van der Waals surface area contributed by atoms with Crippen LogP contribution in [0.4, 0.5) is 0 Å². The van der Waals surface area contributed by atoms with E-state index in [9.17, 15) is 9.59 Å². The second-order valence-electron chi connectivity index (χ2n) is 8.75. The van der Waals surface area contributed by atoms with Crippen molar-refractivity contribution in [1.82, 2.24) is 10.2 Å². The highest BCUT2D eigenvalue weighted by Crippen LogP contribution is 2.32. The van der Waals surface area contributed by atoms with Crippen LogP contribution < -0.4 is 5.32 Å². The van der Waals surface area contributed by atoms with Gasteiger partial charge in [0, 0.05) is 29.6 Å². The molecule has 1 aliphatic heterocycles. The molecule has 0 radical (unpaired) electrons. The van der Waals surface area contributed by atoms with Gasteiger partial charge in [-0.2, -0.15) is 0 Å². The maximum absolute atomic E-state index is 13.5. The Morgan fingerprint density at radius 3 is 2.53 bits per heavy atom. The number of hydrogen-bond acceptors (Lipinski definition) is 2. The third-order valence-corrected chi connectivity index (χ3v) is 6.84. The van der Waals surface area contributed by atoms with Crippen LogP contribution >= 0.6 is 11.6 Å². The lowest BCUT2D eigenvalue weighted by molar-refractivity contribution is -0.132. The molecule has 2 aromatic rings. The fourth-order valence-electron chi connectivity index (χ4n) is 4.75. The molecule has 4 nitrogen and oxygen atoms in total. The smallest absolute Gasteiger partial charge is 0.255 e. The third-order valence-electron chi connectivity index (χ3n) is 6.59. The van der Waals surface area contributed by atoms with E-state index in [1.54, 1.807) is 4.90 Å². The summed E-state index contributed by atoms with van der Waals surface area (Å²) in [4.78, 5) is 28.7. The van der Waals surface area contributed by atoms with Crippen molar-refractivity contribution >= 4 is 23.4 Å². The zero-order valence-electron chi connectivity index (χ0n) is 17.5. The standard InChI is InChI=1S/C25H29ClN2O2/c1-25(24(30)27-21-8-3-2-4-9-21)17-19-7-5-6-10-22(19)23(29)28(25)16-15-18-11-13-20(26)14-12-18/h5-7,10-14,21H,2-4,8-9,15-17H2,1H3,(H,27,30). The Morgan fingerprint density at radius 1 is 1.10 bits per heavy atom. The molecule has 1 saturated carbocycles. The van der Waals surface area contributed by atoms with Crippen LogP contribution in [0.3, 0.4) is 0 Å². The summed E-state index contributed by atoms with van der Waals surface area (Å²) >= 11 is 6.00. The molecule has 2 aromatic carbocycles.